The molecule has 0 bridgehead atoms. The number of anilines is 2. The summed E-state index contributed by atoms with van der Waals surface area (Å²) in [4.78, 5) is 2.41. The average molecular weight is 705 g/mol. The third kappa shape index (κ3) is 5.20. The summed E-state index contributed by atoms with van der Waals surface area (Å²) >= 11 is 0. The Hall–Kier alpha value is -7.10. The topological polar surface area (TPSA) is 21.3 Å². The molecular weight excluding hydrogens is 669 g/mol. The highest BCUT2D eigenvalue weighted by Gasteiger charge is 2.23. The molecule has 0 fully saturated rings. The van der Waals surface area contributed by atoms with E-state index in [0.29, 0.717) is 0 Å². The van der Waals surface area contributed by atoms with Crippen LogP contribution in [-0.4, -0.2) is 4.57 Å². The highest BCUT2D eigenvalue weighted by Crippen LogP contribution is 2.44. The van der Waals surface area contributed by atoms with Crippen LogP contribution in [0.3, 0.4) is 0 Å². The second-order valence-electron chi connectivity index (χ2n) is 14.5. The van der Waals surface area contributed by atoms with E-state index < -0.39 is 0 Å². The molecule has 8 aromatic carbocycles. The Morgan fingerprint density at radius 2 is 1.25 bits per heavy atom. The number of para-hydroxylation sites is 2. The average Bonchev–Trinajstić information content (AvgIpc) is 3.81. The van der Waals surface area contributed by atoms with E-state index >= 15 is 0 Å². The van der Waals surface area contributed by atoms with E-state index in [-0.39, 0.29) is 5.92 Å². The Morgan fingerprint density at radius 1 is 0.545 bits per heavy atom. The first kappa shape index (κ1) is 31.4. The maximum Gasteiger partial charge on any atom is 0.137 e. The van der Waals surface area contributed by atoms with Gasteiger partial charge in [0.15, 0.2) is 0 Å². The summed E-state index contributed by atoms with van der Waals surface area (Å²) < 4.78 is 8.85. The third-order valence-electron chi connectivity index (χ3n) is 11.3. The molecule has 2 aromatic heterocycles. The van der Waals surface area contributed by atoms with E-state index in [1.54, 1.807) is 0 Å². The van der Waals surface area contributed by atoms with Crippen LogP contribution in [0.1, 0.15) is 17.9 Å². The lowest BCUT2D eigenvalue weighted by atomic mass is 9.90. The summed E-state index contributed by atoms with van der Waals surface area (Å²) in [5.41, 5.74) is 12.5. The molecule has 1 aliphatic rings. The molecule has 3 heteroatoms. The van der Waals surface area contributed by atoms with Crippen LogP contribution < -0.4 is 4.90 Å². The highest BCUT2D eigenvalue weighted by molar-refractivity contribution is 6.22. The van der Waals surface area contributed by atoms with Gasteiger partial charge in [-0.25, -0.2) is 0 Å². The van der Waals surface area contributed by atoms with E-state index in [9.17, 15) is 0 Å². The van der Waals surface area contributed by atoms with Gasteiger partial charge < -0.3 is 13.9 Å². The van der Waals surface area contributed by atoms with Gasteiger partial charge in [0.05, 0.1) is 11.0 Å². The number of hydrogen-bond donors (Lipinski definition) is 0. The van der Waals surface area contributed by atoms with E-state index in [1.807, 2.05) is 12.1 Å². The minimum Gasteiger partial charge on any atom is -0.456 e. The van der Waals surface area contributed by atoms with Crippen LogP contribution in [0.2, 0.25) is 0 Å². The number of furan rings is 1. The van der Waals surface area contributed by atoms with Gasteiger partial charge in [0.25, 0.3) is 0 Å². The number of nitrogens with zero attached hydrogens (tertiary/aromatic N) is 2. The molecule has 1 unspecified atom stereocenters. The van der Waals surface area contributed by atoms with Crippen molar-refractivity contribution in [1.82, 2.24) is 4.57 Å². The molecule has 10 aromatic rings. The Kier molecular flexibility index (Phi) is 7.31. The summed E-state index contributed by atoms with van der Waals surface area (Å²) in [5, 5.41) is 7.27. The van der Waals surface area contributed by atoms with Crippen LogP contribution >= 0.6 is 0 Å². The molecule has 55 heavy (non-hydrogen) atoms. The Bertz CT molecular complexity index is 3110. The van der Waals surface area contributed by atoms with Crippen molar-refractivity contribution in [3.05, 3.63) is 211 Å². The molecule has 3 nitrogen and oxygen atoms in total. The monoisotopic (exact) mass is 704 g/mol. The van der Waals surface area contributed by atoms with E-state index in [2.05, 4.69) is 198 Å². The molecule has 11 rings (SSSR count). The minimum atomic E-state index is 0.286. The van der Waals surface area contributed by atoms with Crippen molar-refractivity contribution >= 4 is 65.9 Å². The van der Waals surface area contributed by atoms with Gasteiger partial charge in [-0.3, -0.25) is 0 Å². The maximum atomic E-state index is 6.41. The molecule has 1 aliphatic carbocycles. The number of fused-ring (bicyclic) bond motifs is 8. The molecule has 0 spiro atoms. The maximum absolute atomic E-state index is 6.41. The smallest absolute Gasteiger partial charge is 0.137 e. The molecular formula is C52H36N2O. The van der Waals surface area contributed by atoms with Gasteiger partial charge in [-0.1, -0.05) is 140 Å². The second-order valence-corrected chi connectivity index (χ2v) is 14.5. The van der Waals surface area contributed by atoms with Gasteiger partial charge in [-0.2, -0.15) is 0 Å². The molecule has 1 atom stereocenters. The standard InChI is InChI=1S/C52H36N2O/c1-3-13-35(14-4-1)38-16-11-19-41(33-38)53(42-30-32-46-45-21-9-10-24-49(45)55-50(46)34-42)40-28-25-37(26-29-40)43-22-12-23-48-51(43)47-31-27-36-15-7-8-20-44(36)52(47)54(48)39-17-5-2-6-18-39/h1-32,34,38H,33H2. The number of benzene rings is 8. The summed E-state index contributed by atoms with van der Waals surface area (Å²) in [6.45, 7) is 0. The Labute approximate surface area is 319 Å². The first-order valence-corrected chi connectivity index (χ1v) is 19.0. The van der Waals surface area contributed by atoms with E-state index in [1.165, 1.54) is 55.0 Å². The largest absolute Gasteiger partial charge is 0.456 e. The Morgan fingerprint density at radius 3 is 2.11 bits per heavy atom. The quantitative estimate of drug-likeness (QED) is 0.172. The van der Waals surface area contributed by atoms with E-state index in [4.69, 9.17) is 4.42 Å². The van der Waals surface area contributed by atoms with E-state index in [0.717, 1.165) is 45.4 Å². The van der Waals surface area contributed by atoms with Crippen molar-refractivity contribution in [2.24, 2.45) is 0 Å². The van der Waals surface area contributed by atoms with Crippen LogP contribution in [0.15, 0.2) is 210 Å². The molecule has 0 saturated carbocycles. The normalized spacial score (nSPS) is 14.3. The predicted molar refractivity (Wildman–Crippen MR) is 231 cm³/mol. The Balaban J connectivity index is 1.06. The van der Waals surface area contributed by atoms with Gasteiger partial charge in [-0.15, -0.1) is 0 Å². The molecule has 0 saturated heterocycles. The van der Waals surface area contributed by atoms with Crippen molar-refractivity contribution in [2.45, 2.75) is 12.3 Å². The molecule has 0 amide bonds. The van der Waals surface area contributed by atoms with Crippen molar-refractivity contribution in [2.75, 3.05) is 4.90 Å². The van der Waals surface area contributed by atoms with Gasteiger partial charge in [0.1, 0.15) is 11.2 Å². The SMILES string of the molecule is C1=CC(c2ccccc2)CC(N(c2ccc(-c3cccc4c3c3ccc5ccccc5c3n4-c3ccccc3)cc2)c2ccc3c(c2)oc2ccccc23)=C1. The van der Waals surface area contributed by atoms with Crippen LogP contribution in [0.5, 0.6) is 0 Å². The first-order chi connectivity index (χ1) is 27.3. The lowest BCUT2D eigenvalue weighted by molar-refractivity contribution is 0.669. The fraction of sp³-hybridized carbons (Fsp3) is 0.0385. The van der Waals surface area contributed by atoms with Crippen LogP contribution in [-0.2, 0) is 0 Å². The fourth-order valence-corrected chi connectivity index (χ4v) is 8.80. The predicted octanol–water partition coefficient (Wildman–Crippen LogP) is 14.3. The summed E-state index contributed by atoms with van der Waals surface area (Å²) in [5.74, 6) is 0.286. The lowest BCUT2D eigenvalue weighted by Crippen LogP contribution is -2.19. The highest BCUT2D eigenvalue weighted by atomic mass is 16.3. The molecule has 2 heterocycles. The van der Waals surface area contributed by atoms with Crippen molar-refractivity contribution in [3.8, 4) is 16.8 Å². The third-order valence-corrected chi connectivity index (χ3v) is 11.3. The number of rotatable bonds is 6. The number of hydrogen-bond acceptors (Lipinski definition) is 2. The first-order valence-electron chi connectivity index (χ1n) is 19.0. The number of allylic oxidation sites excluding steroid dienone is 4. The molecule has 0 aliphatic heterocycles. The van der Waals surface area contributed by atoms with Crippen molar-refractivity contribution in [1.29, 1.82) is 0 Å². The zero-order valence-corrected chi connectivity index (χ0v) is 30.1. The number of aromatic nitrogens is 1. The van der Waals surface area contributed by atoms with Crippen LogP contribution in [0.25, 0.3) is 71.3 Å². The molecule has 0 N–H and O–H groups in total. The van der Waals surface area contributed by atoms with Gasteiger partial charge >= 0.3 is 0 Å². The minimum absolute atomic E-state index is 0.286. The van der Waals surface area contributed by atoms with Gasteiger partial charge in [-0.05, 0) is 83.1 Å². The zero-order valence-electron chi connectivity index (χ0n) is 30.1. The fourth-order valence-electron chi connectivity index (χ4n) is 8.80. The summed E-state index contributed by atoms with van der Waals surface area (Å²) in [6, 6.07) is 65.6. The van der Waals surface area contributed by atoms with Crippen LogP contribution in [0, 0.1) is 0 Å². The second kappa shape index (κ2) is 12.8. The van der Waals surface area contributed by atoms with Crippen molar-refractivity contribution in [3.63, 3.8) is 0 Å². The van der Waals surface area contributed by atoms with Gasteiger partial charge in [0, 0.05) is 61.7 Å². The zero-order chi connectivity index (χ0) is 36.3. The molecule has 260 valence electrons. The van der Waals surface area contributed by atoms with Crippen LogP contribution in [0.4, 0.5) is 11.4 Å². The molecule has 0 radical (unpaired) electrons. The summed E-state index contributed by atoms with van der Waals surface area (Å²) in [6.07, 6.45) is 7.68. The summed E-state index contributed by atoms with van der Waals surface area (Å²) in [7, 11) is 0. The van der Waals surface area contributed by atoms with Gasteiger partial charge in [0.2, 0.25) is 0 Å². The lowest BCUT2D eigenvalue weighted by Gasteiger charge is -2.31. The van der Waals surface area contributed by atoms with Crippen molar-refractivity contribution < 1.29 is 4.42 Å².